The molecule has 5 nitrogen and oxygen atoms in total. The third-order valence-electron chi connectivity index (χ3n) is 5.07. The lowest BCUT2D eigenvalue weighted by molar-refractivity contribution is -0.139. The number of aliphatic hydroxyl groups is 1. The largest absolute Gasteiger partial charge is 0.507 e. The maximum atomic E-state index is 14.7. The number of Topliss-reactive ketones (excluding diaryl/α,β-unsaturated/α-hetero) is 1. The van der Waals surface area contributed by atoms with Crippen LogP contribution in [0, 0.1) is 5.82 Å². The van der Waals surface area contributed by atoms with E-state index in [1.54, 1.807) is 42.5 Å². The molecule has 2 aromatic rings. The van der Waals surface area contributed by atoms with E-state index in [2.05, 4.69) is 0 Å². The van der Waals surface area contributed by atoms with Crippen molar-refractivity contribution in [1.82, 2.24) is 4.90 Å². The van der Waals surface area contributed by atoms with Crippen molar-refractivity contribution in [2.45, 2.75) is 39.2 Å². The van der Waals surface area contributed by atoms with Crippen LogP contribution in [0.3, 0.4) is 0 Å². The Morgan fingerprint density at radius 3 is 2.57 bits per heavy atom. The Labute approximate surface area is 175 Å². The first-order chi connectivity index (χ1) is 14.5. The molecule has 2 aromatic carbocycles. The number of amides is 1. The summed E-state index contributed by atoms with van der Waals surface area (Å²) in [5.74, 6) is -1.85. The maximum Gasteiger partial charge on any atom is 0.295 e. The Hall–Kier alpha value is -3.15. The summed E-state index contributed by atoms with van der Waals surface area (Å²) >= 11 is 0. The number of carbonyl (C=O) groups is 2. The van der Waals surface area contributed by atoms with E-state index in [0.717, 1.165) is 12.8 Å². The second-order valence-corrected chi connectivity index (χ2v) is 7.24. The van der Waals surface area contributed by atoms with Crippen LogP contribution in [-0.2, 0) is 9.59 Å². The molecule has 0 spiro atoms. The van der Waals surface area contributed by atoms with Crippen molar-refractivity contribution in [3.05, 3.63) is 71.0 Å². The molecule has 1 heterocycles. The first-order valence-corrected chi connectivity index (χ1v) is 10.3. The SMILES string of the molecule is CCCCN1C(=O)C(=O)/C(=C(\O)c2cccc(OCCC)c2)C1c1ccccc1F. The van der Waals surface area contributed by atoms with Gasteiger partial charge >= 0.3 is 0 Å². The Kier molecular flexibility index (Phi) is 6.87. The van der Waals surface area contributed by atoms with Gasteiger partial charge < -0.3 is 14.7 Å². The maximum absolute atomic E-state index is 14.7. The van der Waals surface area contributed by atoms with Gasteiger partial charge in [0.15, 0.2) is 0 Å². The van der Waals surface area contributed by atoms with E-state index in [9.17, 15) is 19.1 Å². The van der Waals surface area contributed by atoms with E-state index in [1.807, 2.05) is 13.8 Å². The lowest BCUT2D eigenvalue weighted by atomic mass is 9.95. The molecule has 1 fully saturated rings. The summed E-state index contributed by atoms with van der Waals surface area (Å²) in [6.07, 6.45) is 2.30. The monoisotopic (exact) mass is 411 g/mol. The van der Waals surface area contributed by atoms with E-state index >= 15 is 0 Å². The van der Waals surface area contributed by atoms with Crippen molar-refractivity contribution in [3.63, 3.8) is 0 Å². The van der Waals surface area contributed by atoms with Crippen molar-refractivity contribution in [3.8, 4) is 5.75 Å². The Morgan fingerprint density at radius 2 is 1.87 bits per heavy atom. The molecule has 0 aliphatic carbocycles. The molecule has 6 heteroatoms. The molecule has 3 rings (SSSR count). The molecular formula is C24H26FNO4. The van der Waals surface area contributed by atoms with Crippen LogP contribution in [0.25, 0.3) is 5.76 Å². The highest BCUT2D eigenvalue weighted by atomic mass is 19.1. The fourth-order valence-corrected chi connectivity index (χ4v) is 3.57. The number of benzene rings is 2. The van der Waals surface area contributed by atoms with Crippen LogP contribution in [-0.4, -0.2) is 34.8 Å². The minimum Gasteiger partial charge on any atom is -0.507 e. The lowest BCUT2D eigenvalue weighted by Gasteiger charge is -2.25. The highest BCUT2D eigenvalue weighted by molar-refractivity contribution is 6.46. The van der Waals surface area contributed by atoms with Gasteiger partial charge in [0, 0.05) is 17.7 Å². The molecule has 1 amide bonds. The fraction of sp³-hybridized carbons (Fsp3) is 0.333. The predicted molar refractivity (Wildman–Crippen MR) is 113 cm³/mol. The molecule has 1 N–H and O–H groups in total. The summed E-state index contributed by atoms with van der Waals surface area (Å²) in [4.78, 5) is 27.0. The van der Waals surface area contributed by atoms with Crippen molar-refractivity contribution in [1.29, 1.82) is 0 Å². The van der Waals surface area contributed by atoms with Gasteiger partial charge in [0.05, 0.1) is 18.2 Å². The molecule has 0 bridgehead atoms. The molecule has 1 unspecified atom stereocenters. The van der Waals surface area contributed by atoms with Gasteiger partial charge in [-0.15, -0.1) is 0 Å². The topological polar surface area (TPSA) is 66.8 Å². The van der Waals surface area contributed by atoms with E-state index < -0.39 is 23.5 Å². The first kappa shape index (κ1) is 21.6. The summed E-state index contributed by atoms with van der Waals surface area (Å²) in [6, 6.07) is 11.7. The minimum atomic E-state index is -0.974. The number of halogens is 1. The summed E-state index contributed by atoms with van der Waals surface area (Å²) in [5.41, 5.74) is 0.431. The van der Waals surface area contributed by atoms with Gasteiger partial charge in [0.2, 0.25) is 0 Å². The van der Waals surface area contributed by atoms with Crippen LogP contribution >= 0.6 is 0 Å². The van der Waals surface area contributed by atoms with E-state index in [4.69, 9.17) is 4.74 Å². The molecule has 158 valence electrons. The second kappa shape index (κ2) is 9.57. The number of hydrogen-bond donors (Lipinski definition) is 1. The van der Waals surface area contributed by atoms with Gasteiger partial charge in [-0.25, -0.2) is 4.39 Å². The Bertz CT molecular complexity index is 969. The molecule has 1 aliphatic rings. The number of ether oxygens (including phenoxy) is 1. The molecule has 1 saturated heterocycles. The fourth-order valence-electron chi connectivity index (χ4n) is 3.57. The summed E-state index contributed by atoms with van der Waals surface area (Å²) in [7, 11) is 0. The van der Waals surface area contributed by atoms with Crippen LogP contribution < -0.4 is 4.74 Å². The zero-order valence-electron chi connectivity index (χ0n) is 17.2. The zero-order valence-corrected chi connectivity index (χ0v) is 17.2. The smallest absolute Gasteiger partial charge is 0.295 e. The van der Waals surface area contributed by atoms with Gasteiger partial charge in [0.1, 0.15) is 17.3 Å². The molecular weight excluding hydrogens is 385 g/mol. The highest BCUT2D eigenvalue weighted by Gasteiger charge is 2.46. The minimum absolute atomic E-state index is 0.103. The lowest BCUT2D eigenvalue weighted by Crippen LogP contribution is -2.31. The molecule has 0 saturated carbocycles. The van der Waals surface area contributed by atoms with E-state index in [0.29, 0.717) is 30.9 Å². The number of likely N-dealkylation sites (tertiary alicyclic amines) is 1. The van der Waals surface area contributed by atoms with Crippen LogP contribution in [0.4, 0.5) is 4.39 Å². The molecule has 0 aromatic heterocycles. The number of hydrogen-bond acceptors (Lipinski definition) is 4. The number of rotatable bonds is 8. The van der Waals surface area contributed by atoms with Crippen LogP contribution in [0.5, 0.6) is 5.75 Å². The first-order valence-electron chi connectivity index (χ1n) is 10.3. The number of carbonyl (C=O) groups excluding carboxylic acids is 2. The zero-order chi connectivity index (χ0) is 21.7. The van der Waals surface area contributed by atoms with Gasteiger partial charge in [-0.1, -0.05) is 50.6 Å². The number of aliphatic hydroxyl groups excluding tert-OH is 1. The van der Waals surface area contributed by atoms with Crippen molar-refractivity contribution in [2.75, 3.05) is 13.2 Å². The summed E-state index contributed by atoms with van der Waals surface area (Å²) in [6.45, 7) is 4.77. The van der Waals surface area contributed by atoms with Crippen LogP contribution in [0.15, 0.2) is 54.1 Å². The number of unbranched alkanes of at least 4 members (excludes halogenated alkanes) is 1. The van der Waals surface area contributed by atoms with Gasteiger partial charge in [-0.05, 0) is 31.0 Å². The quantitative estimate of drug-likeness (QED) is 0.384. The Balaban J connectivity index is 2.13. The molecule has 30 heavy (non-hydrogen) atoms. The molecule has 1 atom stereocenters. The van der Waals surface area contributed by atoms with Crippen molar-refractivity contribution < 1.29 is 23.8 Å². The van der Waals surface area contributed by atoms with E-state index in [1.165, 1.54) is 11.0 Å². The second-order valence-electron chi connectivity index (χ2n) is 7.24. The summed E-state index contributed by atoms with van der Waals surface area (Å²) in [5, 5.41) is 11.0. The normalized spacial score (nSPS) is 18.1. The number of ketones is 1. The third kappa shape index (κ3) is 4.22. The van der Waals surface area contributed by atoms with Crippen molar-refractivity contribution >= 4 is 17.4 Å². The van der Waals surface area contributed by atoms with E-state index in [-0.39, 0.29) is 16.9 Å². The predicted octanol–water partition coefficient (Wildman–Crippen LogP) is 4.84. The molecule has 1 aliphatic heterocycles. The average Bonchev–Trinajstić information content (AvgIpc) is 3.00. The molecule has 0 radical (unpaired) electrons. The van der Waals surface area contributed by atoms with Gasteiger partial charge in [0.25, 0.3) is 11.7 Å². The standard InChI is InChI=1S/C24H26FNO4/c1-3-5-13-26-21(18-11-6-7-12-19(18)25)20(23(28)24(26)29)22(27)16-9-8-10-17(15-16)30-14-4-2/h6-12,15,21,27H,3-5,13-14H2,1-2H3/b22-20-. The summed E-state index contributed by atoms with van der Waals surface area (Å²) < 4.78 is 20.3. The van der Waals surface area contributed by atoms with Gasteiger partial charge in [-0.2, -0.15) is 0 Å². The highest BCUT2D eigenvalue weighted by Crippen LogP contribution is 2.40. The third-order valence-corrected chi connectivity index (χ3v) is 5.07. The van der Waals surface area contributed by atoms with Gasteiger partial charge in [-0.3, -0.25) is 9.59 Å². The Morgan fingerprint density at radius 1 is 1.10 bits per heavy atom. The van der Waals surface area contributed by atoms with Crippen LogP contribution in [0.2, 0.25) is 0 Å². The van der Waals surface area contributed by atoms with Crippen molar-refractivity contribution in [2.24, 2.45) is 0 Å². The van der Waals surface area contributed by atoms with Crippen LogP contribution in [0.1, 0.15) is 50.3 Å². The average molecular weight is 411 g/mol. The number of nitrogens with zero attached hydrogens (tertiary/aromatic N) is 1.